The molecule has 0 N–H and O–H groups in total. The molecule has 0 aliphatic rings. The standard InChI is InChI=1S/C18H18N2O2S2/c1-4-14(18(21)22)24-17-15-13(8-23-16(15)19-9-20-17)12-6-5-10(2)11(3)7-12/h5-9,14H,4H2,1-3H3,(H,21,22)/p-1. The van der Waals surface area contributed by atoms with Gasteiger partial charge < -0.3 is 9.90 Å². The fourth-order valence-corrected chi connectivity index (χ4v) is 4.44. The monoisotopic (exact) mass is 357 g/mol. The summed E-state index contributed by atoms with van der Waals surface area (Å²) in [6.07, 6.45) is 1.98. The SMILES string of the molecule is CCC(Sc1ncnc2scc(-c3ccc(C)c(C)c3)c12)C(=O)[O-]. The Morgan fingerprint density at radius 3 is 2.75 bits per heavy atom. The zero-order valence-electron chi connectivity index (χ0n) is 13.7. The molecule has 1 unspecified atom stereocenters. The predicted octanol–water partition coefficient (Wildman–Crippen LogP) is 3.60. The lowest BCUT2D eigenvalue weighted by Gasteiger charge is -2.15. The number of carboxylic acids is 1. The number of thiophene rings is 1. The molecular formula is C18H17N2O2S2-. The quantitative estimate of drug-likeness (QED) is 0.516. The van der Waals surface area contributed by atoms with Crippen LogP contribution in [0.1, 0.15) is 24.5 Å². The Bertz CT molecular complexity index is 905. The van der Waals surface area contributed by atoms with Crippen LogP contribution in [0, 0.1) is 13.8 Å². The van der Waals surface area contributed by atoms with Gasteiger partial charge in [0.25, 0.3) is 0 Å². The maximum atomic E-state index is 11.3. The molecule has 124 valence electrons. The van der Waals surface area contributed by atoms with Crippen molar-refractivity contribution in [3.63, 3.8) is 0 Å². The Kier molecular flexibility index (Phi) is 4.87. The van der Waals surface area contributed by atoms with Crippen LogP contribution in [0.4, 0.5) is 0 Å². The second-order valence-corrected chi connectivity index (χ2v) is 7.69. The minimum absolute atomic E-state index is 0.488. The van der Waals surface area contributed by atoms with E-state index in [9.17, 15) is 9.90 Å². The van der Waals surface area contributed by atoms with E-state index in [2.05, 4.69) is 47.4 Å². The summed E-state index contributed by atoms with van der Waals surface area (Å²) in [5.74, 6) is -1.06. The van der Waals surface area contributed by atoms with Crippen LogP contribution in [0.15, 0.2) is 34.9 Å². The maximum Gasteiger partial charge on any atom is 0.128 e. The molecule has 1 aromatic carbocycles. The van der Waals surface area contributed by atoms with E-state index in [1.54, 1.807) is 11.3 Å². The molecule has 3 rings (SSSR count). The van der Waals surface area contributed by atoms with E-state index in [1.165, 1.54) is 29.2 Å². The first kappa shape index (κ1) is 16.9. The number of fused-ring (bicyclic) bond motifs is 1. The highest BCUT2D eigenvalue weighted by Gasteiger charge is 2.17. The number of carbonyl (C=O) groups is 1. The first-order valence-corrected chi connectivity index (χ1v) is 9.44. The Labute approximate surface area is 149 Å². The Morgan fingerprint density at radius 1 is 1.29 bits per heavy atom. The minimum atomic E-state index is -1.06. The number of nitrogens with zero attached hydrogens (tertiary/aromatic N) is 2. The number of rotatable bonds is 5. The van der Waals surface area contributed by atoms with Gasteiger partial charge in [0.2, 0.25) is 0 Å². The van der Waals surface area contributed by atoms with Crippen molar-refractivity contribution < 1.29 is 9.90 Å². The van der Waals surface area contributed by atoms with E-state index >= 15 is 0 Å². The van der Waals surface area contributed by atoms with Crippen LogP contribution in [0.2, 0.25) is 0 Å². The molecule has 0 amide bonds. The molecule has 4 nitrogen and oxygen atoms in total. The Morgan fingerprint density at radius 2 is 2.08 bits per heavy atom. The second kappa shape index (κ2) is 6.91. The van der Waals surface area contributed by atoms with Gasteiger partial charge in [0.1, 0.15) is 16.2 Å². The first-order valence-electron chi connectivity index (χ1n) is 7.68. The molecule has 1 atom stereocenters. The zero-order chi connectivity index (χ0) is 17.3. The third-order valence-corrected chi connectivity index (χ3v) is 6.27. The third kappa shape index (κ3) is 3.16. The largest absolute Gasteiger partial charge is 0.549 e. The van der Waals surface area contributed by atoms with E-state index < -0.39 is 11.2 Å². The average molecular weight is 357 g/mol. The van der Waals surface area contributed by atoms with Gasteiger partial charge in [-0.3, -0.25) is 0 Å². The third-order valence-electron chi connectivity index (χ3n) is 4.04. The number of hydrogen-bond acceptors (Lipinski definition) is 6. The number of thioether (sulfide) groups is 1. The minimum Gasteiger partial charge on any atom is -0.549 e. The van der Waals surface area contributed by atoms with Crippen LogP contribution in [0.25, 0.3) is 21.3 Å². The van der Waals surface area contributed by atoms with E-state index in [0.717, 1.165) is 21.3 Å². The van der Waals surface area contributed by atoms with Crippen molar-refractivity contribution in [2.24, 2.45) is 0 Å². The summed E-state index contributed by atoms with van der Waals surface area (Å²) in [4.78, 5) is 20.8. The summed E-state index contributed by atoms with van der Waals surface area (Å²) >= 11 is 2.79. The van der Waals surface area contributed by atoms with Crippen LogP contribution >= 0.6 is 23.1 Å². The number of hydrogen-bond donors (Lipinski definition) is 0. The predicted molar refractivity (Wildman–Crippen MR) is 97.3 cm³/mol. The number of aryl methyl sites for hydroxylation is 2. The normalized spacial score (nSPS) is 12.5. The molecule has 0 radical (unpaired) electrons. The van der Waals surface area contributed by atoms with E-state index in [4.69, 9.17) is 0 Å². The lowest BCUT2D eigenvalue weighted by molar-refractivity contribution is -0.304. The van der Waals surface area contributed by atoms with Gasteiger partial charge in [0.15, 0.2) is 0 Å². The smallest absolute Gasteiger partial charge is 0.128 e. The van der Waals surface area contributed by atoms with Crippen molar-refractivity contribution in [3.8, 4) is 11.1 Å². The molecule has 0 spiro atoms. The van der Waals surface area contributed by atoms with E-state index in [-0.39, 0.29) is 0 Å². The second-order valence-electron chi connectivity index (χ2n) is 5.64. The average Bonchev–Trinajstić information content (AvgIpc) is 2.99. The molecule has 2 heterocycles. The number of benzene rings is 1. The summed E-state index contributed by atoms with van der Waals surface area (Å²) in [5, 5.41) is 14.3. The van der Waals surface area contributed by atoms with Gasteiger partial charge in [-0.25, -0.2) is 9.97 Å². The highest BCUT2D eigenvalue weighted by Crippen LogP contribution is 2.39. The molecule has 0 bridgehead atoms. The highest BCUT2D eigenvalue weighted by molar-refractivity contribution is 8.00. The van der Waals surface area contributed by atoms with Gasteiger partial charge >= 0.3 is 0 Å². The van der Waals surface area contributed by atoms with E-state index in [1.807, 2.05) is 6.92 Å². The fraction of sp³-hybridized carbons (Fsp3) is 0.278. The topological polar surface area (TPSA) is 65.9 Å². The van der Waals surface area contributed by atoms with Crippen molar-refractivity contribution in [3.05, 3.63) is 41.0 Å². The fourth-order valence-electron chi connectivity index (χ4n) is 2.49. The van der Waals surface area contributed by atoms with Gasteiger partial charge in [0, 0.05) is 10.9 Å². The first-order chi connectivity index (χ1) is 11.5. The van der Waals surface area contributed by atoms with Crippen LogP contribution in [-0.4, -0.2) is 21.2 Å². The molecule has 6 heteroatoms. The molecule has 24 heavy (non-hydrogen) atoms. The van der Waals surface area contributed by atoms with Gasteiger partial charge in [-0.1, -0.05) is 36.9 Å². The van der Waals surface area contributed by atoms with Crippen LogP contribution in [0.3, 0.4) is 0 Å². The van der Waals surface area contributed by atoms with Crippen LogP contribution in [0.5, 0.6) is 0 Å². The molecule has 3 aromatic rings. The van der Waals surface area contributed by atoms with Crippen molar-refractivity contribution in [1.82, 2.24) is 9.97 Å². The number of carbonyl (C=O) groups excluding carboxylic acids is 1. The molecule has 0 aliphatic heterocycles. The summed E-state index contributed by atoms with van der Waals surface area (Å²) in [6.45, 7) is 6.01. The Balaban J connectivity index is 2.13. The molecular weight excluding hydrogens is 340 g/mol. The summed E-state index contributed by atoms with van der Waals surface area (Å²) in [7, 11) is 0. The number of aliphatic carboxylic acids is 1. The van der Waals surface area contributed by atoms with Crippen molar-refractivity contribution in [2.45, 2.75) is 37.5 Å². The van der Waals surface area contributed by atoms with Gasteiger partial charge in [-0.2, -0.15) is 0 Å². The van der Waals surface area contributed by atoms with Crippen molar-refractivity contribution >= 4 is 39.3 Å². The van der Waals surface area contributed by atoms with Crippen molar-refractivity contribution in [1.29, 1.82) is 0 Å². The summed E-state index contributed by atoms with van der Waals surface area (Å²) in [6, 6.07) is 6.33. The highest BCUT2D eigenvalue weighted by atomic mass is 32.2. The van der Waals surface area contributed by atoms with Gasteiger partial charge in [0.05, 0.1) is 16.6 Å². The molecule has 0 saturated heterocycles. The molecule has 0 fully saturated rings. The zero-order valence-corrected chi connectivity index (χ0v) is 15.3. The molecule has 2 aromatic heterocycles. The van der Waals surface area contributed by atoms with Crippen molar-refractivity contribution in [2.75, 3.05) is 0 Å². The number of carboxylic acid groups (broad SMARTS) is 1. The summed E-state index contributed by atoms with van der Waals surface area (Å²) < 4.78 is 0. The lowest BCUT2D eigenvalue weighted by Crippen LogP contribution is -2.33. The van der Waals surface area contributed by atoms with Gasteiger partial charge in [-0.15, -0.1) is 11.3 Å². The Hall–Kier alpha value is -1.92. The summed E-state index contributed by atoms with van der Waals surface area (Å²) in [5.41, 5.74) is 4.61. The lowest BCUT2D eigenvalue weighted by atomic mass is 10.0. The van der Waals surface area contributed by atoms with Crippen LogP contribution in [-0.2, 0) is 4.79 Å². The molecule has 0 aliphatic carbocycles. The molecule has 0 saturated carbocycles. The maximum absolute atomic E-state index is 11.3. The van der Waals surface area contributed by atoms with E-state index in [0.29, 0.717) is 11.4 Å². The van der Waals surface area contributed by atoms with Gasteiger partial charge in [-0.05, 0) is 37.0 Å². The van der Waals surface area contributed by atoms with Crippen LogP contribution < -0.4 is 5.11 Å². The number of aromatic nitrogens is 2.